The lowest BCUT2D eigenvalue weighted by atomic mass is 10.2. The number of rotatable bonds is 7. The van der Waals surface area contributed by atoms with Crippen LogP contribution in [0, 0.1) is 0 Å². The van der Waals surface area contributed by atoms with Crippen molar-refractivity contribution < 1.29 is 14.3 Å². The average Bonchev–Trinajstić information content (AvgIpc) is 2.60. The summed E-state index contributed by atoms with van der Waals surface area (Å²) >= 11 is 0. The van der Waals surface area contributed by atoms with Crippen molar-refractivity contribution >= 4 is 17.3 Å². The number of ether oxygens (including phenoxy) is 2. The van der Waals surface area contributed by atoms with Crippen LogP contribution in [0.1, 0.15) is 10.5 Å². The predicted octanol–water partition coefficient (Wildman–Crippen LogP) is 2.95. The van der Waals surface area contributed by atoms with Crippen molar-refractivity contribution in [1.82, 2.24) is 4.98 Å². The second-order valence-electron chi connectivity index (χ2n) is 4.63. The molecule has 2 aromatic rings. The van der Waals surface area contributed by atoms with Gasteiger partial charge < -0.3 is 20.1 Å². The molecule has 6 heteroatoms. The van der Waals surface area contributed by atoms with Gasteiger partial charge >= 0.3 is 0 Å². The fourth-order valence-electron chi connectivity index (χ4n) is 1.93. The molecular weight excluding hydrogens is 294 g/mol. The normalized spacial score (nSPS) is 9.83. The molecule has 0 unspecified atom stereocenters. The minimum absolute atomic E-state index is 0.299. The Morgan fingerprint density at radius 1 is 1.17 bits per heavy atom. The Balaban J connectivity index is 2.08. The van der Waals surface area contributed by atoms with E-state index in [4.69, 9.17) is 9.47 Å². The number of hydrogen-bond acceptors (Lipinski definition) is 5. The van der Waals surface area contributed by atoms with E-state index in [1.807, 2.05) is 0 Å². The fourth-order valence-corrected chi connectivity index (χ4v) is 1.93. The second kappa shape index (κ2) is 7.84. The zero-order chi connectivity index (χ0) is 16.7. The quantitative estimate of drug-likeness (QED) is 0.769. The van der Waals surface area contributed by atoms with E-state index >= 15 is 0 Å². The summed E-state index contributed by atoms with van der Waals surface area (Å²) in [5.74, 6) is 0.844. The molecule has 2 rings (SSSR count). The number of carbonyl (C=O) groups is 1. The smallest absolute Gasteiger partial charge is 0.274 e. The van der Waals surface area contributed by atoms with E-state index in [-0.39, 0.29) is 5.91 Å². The zero-order valence-electron chi connectivity index (χ0n) is 13.1. The van der Waals surface area contributed by atoms with Gasteiger partial charge in [0, 0.05) is 18.3 Å². The first kappa shape index (κ1) is 16.4. The molecule has 1 heterocycles. The third-order valence-electron chi connectivity index (χ3n) is 3.09. The second-order valence-corrected chi connectivity index (χ2v) is 4.63. The van der Waals surface area contributed by atoms with Gasteiger partial charge in [0.2, 0.25) is 0 Å². The highest BCUT2D eigenvalue weighted by Crippen LogP contribution is 2.29. The van der Waals surface area contributed by atoms with Gasteiger partial charge in [0.25, 0.3) is 5.91 Å². The molecule has 2 N–H and O–H groups in total. The molecule has 0 bridgehead atoms. The van der Waals surface area contributed by atoms with Crippen molar-refractivity contribution in [2.45, 2.75) is 0 Å². The number of carbonyl (C=O) groups excluding carboxylic acids is 1. The summed E-state index contributed by atoms with van der Waals surface area (Å²) < 4.78 is 10.4. The van der Waals surface area contributed by atoms with E-state index < -0.39 is 0 Å². The third kappa shape index (κ3) is 4.23. The van der Waals surface area contributed by atoms with Gasteiger partial charge in [-0.05, 0) is 24.3 Å². The van der Waals surface area contributed by atoms with Gasteiger partial charge in [-0.3, -0.25) is 4.79 Å². The maximum atomic E-state index is 12.2. The molecule has 0 aliphatic carbocycles. The number of amides is 1. The molecule has 0 fully saturated rings. The summed E-state index contributed by atoms with van der Waals surface area (Å²) in [6.07, 6.45) is 3.35. The summed E-state index contributed by atoms with van der Waals surface area (Å²) in [7, 11) is 3.10. The molecule has 0 aliphatic heterocycles. The summed E-state index contributed by atoms with van der Waals surface area (Å²) in [4.78, 5) is 16.4. The summed E-state index contributed by atoms with van der Waals surface area (Å²) in [6.45, 7) is 4.27. The van der Waals surface area contributed by atoms with Crippen molar-refractivity contribution in [2.24, 2.45) is 0 Å². The van der Waals surface area contributed by atoms with Crippen LogP contribution in [0.4, 0.5) is 11.4 Å². The topological polar surface area (TPSA) is 72.5 Å². The van der Waals surface area contributed by atoms with Crippen molar-refractivity contribution in [2.75, 3.05) is 31.4 Å². The molecule has 0 spiro atoms. The highest BCUT2D eigenvalue weighted by Gasteiger charge is 2.10. The highest BCUT2D eigenvalue weighted by molar-refractivity contribution is 6.03. The van der Waals surface area contributed by atoms with E-state index in [2.05, 4.69) is 22.2 Å². The minimum Gasteiger partial charge on any atom is -0.493 e. The van der Waals surface area contributed by atoms with Gasteiger partial charge in [0.1, 0.15) is 5.69 Å². The van der Waals surface area contributed by atoms with Gasteiger partial charge in [-0.1, -0.05) is 6.08 Å². The van der Waals surface area contributed by atoms with Gasteiger partial charge in [0.15, 0.2) is 11.5 Å². The Kier molecular flexibility index (Phi) is 5.57. The van der Waals surface area contributed by atoms with Crippen LogP contribution in [0.3, 0.4) is 0 Å². The average molecular weight is 313 g/mol. The molecule has 0 saturated heterocycles. The number of nitrogens with one attached hydrogen (secondary N) is 2. The van der Waals surface area contributed by atoms with Gasteiger partial charge in [-0.25, -0.2) is 4.98 Å². The molecular formula is C17H19N3O3. The number of methoxy groups -OCH3 is 2. The summed E-state index contributed by atoms with van der Waals surface area (Å²) in [5.41, 5.74) is 1.75. The minimum atomic E-state index is -0.299. The first-order valence-corrected chi connectivity index (χ1v) is 7.02. The van der Waals surface area contributed by atoms with Crippen LogP contribution in [0.15, 0.2) is 49.2 Å². The van der Waals surface area contributed by atoms with Crippen LogP contribution >= 0.6 is 0 Å². The Labute approximate surface area is 135 Å². The van der Waals surface area contributed by atoms with Crippen molar-refractivity contribution in [3.05, 3.63) is 54.9 Å². The van der Waals surface area contributed by atoms with Crippen LogP contribution in [0.25, 0.3) is 0 Å². The largest absolute Gasteiger partial charge is 0.493 e. The predicted molar refractivity (Wildman–Crippen MR) is 90.4 cm³/mol. The van der Waals surface area contributed by atoms with Crippen LogP contribution in [0.5, 0.6) is 11.5 Å². The number of hydrogen-bond donors (Lipinski definition) is 2. The van der Waals surface area contributed by atoms with Gasteiger partial charge in [0.05, 0.1) is 26.1 Å². The first-order chi connectivity index (χ1) is 11.2. The molecule has 1 aromatic heterocycles. The van der Waals surface area contributed by atoms with E-state index in [9.17, 15) is 4.79 Å². The molecule has 1 amide bonds. The Morgan fingerprint density at radius 2 is 1.91 bits per heavy atom. The molecule has 0 aliphatic rings. The molecule has 6 nitrogen and oxygen atoms in total. The molecule has 120 valence electrons. The van der Waals surface area contributed by atoms with Crippen molar-refractivity contribution in [3.63, 3.8) is 0 Å². The van der Waals surface area contributed by atoms with Gasteiger partial charge in [-0.2, -0.15) is 0 Å². The lowest BCUT2D eigenvalue weighted by Gasteiger charge is -2.10. The Morgan fingerprint density at radius 3 is 2.52 bits per heavy atom. The Bertz CT molecular complexity index is 684. The van der Waals surface area contributed by atoms with E-state index in [1.54, 1.807) is 56.8 Å². The van der Waals surface area contributed by atoms with E-state index in [0.717, 1.165) is 5.69 Å². The highest BCUT2D eigenvalue weighted by atomic mass is 16.5. The molecule has 0 radical (unpaired) electrons. The number of anilines is 2. The number of nitrogens with zero attached hydrogens (tertiary/aromatic N) is 1. The zero-order valence-corrected chi connectivity index (χ0v) is 13.1. The molecule has 23 heavy (non-hydrogen) atoms. The van der Waals surface area contributed by atoms with Crippen LogP contribution in [-0.4, -0.2) is 31.7 Å². The van der Waals surface area contributed by atoms with Crippen LogP contribution < -0.4 is 20.1 Å². The fraction of sp³-hybridized carbons (Fsp3) is 0.176. The third-order valence-corrected chi connectivity index (χ3v) is 3.09. The maximum Gasteiger partial charge on any atom is 0.274 e. The van der Waals surface area contributed by atoms with Crippen LogP contribution in [-0.2, 0) is 0 Å². The standard InChI is InChI=1S/C17H19N3O3/c1-4-9-18-13-5-7-14(19-11-13)17(21)20-12-6-8-15(22-2)16(10-12)23-3/h4-8,10-11,18H,1,9H2,2-3H3,(H,20,21). The number of benzene rings is 1. The van der Waals surface area contributed by atoms with Gasteiger partial charge in [-0.15, -0.1) is 6.58 Å². The molecule has 0 saturated carbocycles. The van der Waals surface area contributed by atoms with Crippen LogP contribution in [0.2, 0.25) is 0 Å². The monoisotopic (exact) mass is 313 g/mol. The van der Waals surface area contributed by atoms with Crippen molar-refractivity contribution in [1.29, 1.82) is 0 Å². The Hall–Kier alpha value is -3.02. The number of pyridine rings is 1. The lowest BCUT2D eigenvalue weighted by molar-refractivity contribution is 0.102. The summed E-state index contributed by atoms with van der Waals surface area (Å²) in [6, 6.07) is 8.60. The molecule has 0 atom stereocenters. The number of aromatic nitrogens is 1. The SMILES string of the molecule is C=CCNc1ccc(C(=O)Nc2ccc(OC)c(OC)c2)nc1. The molecule has 1 aromatic carbocycles. The van der Waals surface area contributed by atoms with E-state index in [1.165, 1.54) is 0 Å². The first-order valence-electron chi connectivity index (χ1n) is 7.02. The van der Waals surface area contributed by atoms with Crippen molar-refractivity contribution in [3.8, 4) is 11.5 Å². The van der Waals surface area contributed by atoms with E-state index in [0.29, 0.717) is 29.4 Å². The summed E-state index contributed by atoms with van der Waals surface area (Å²) in [5, 5.41) is 5.87. The lowest BCUT2D eigenvalue weighted by Crippen LogP contribution is -2.14. The maximum absolute atomic E-state index is 12.2.